The van der Waals surface area contributed by atoms with E-state index in [4.69, 9.17) is 16.0 Å². The molecule has 2 N–H and O–H groups in total. The van der Waals surface area contributed by atoms with Crippen LogP contribution in [0.15, 0.2) is 76.0 Å². The van der Waals surface area contributed by atoms with Crippen molar-refractivity contribution in [2.24, 2.45) is 0 Å². The Bertz CT molecular complexity index is 1280. The van der Waals surface area contributed by atoms with Gasteiger partial charge in [-0.3, -0.25) is 10.2 Å². The Morgan fingerprint density at radius 1 is 0.889 bits per heavy atom. The average Bonchev–Trinajstić information content (AvgIpc) is 3.04. The first-order chi connectivity index (χ1) is 12.9. The molecule has 1 amide bonds. The number of benzene rings is 3. The number of hydrogen-bond donors (Lipinski definition) is 2. The van der Waals surface area contributed by atoms with Gasteiger partial charge in [-0.15, -0.1) is 4.83 Å². The number of hydrazine groups is 1. The minimum atomic E-state index is -3.94. The van der Waals surface area contributed by atoms with Gasteiger partial charge in [0.05, 0.1) is 4.90 Å². The van der Waals surface area contributed by atoms with E-state index < -0.39 is 15.9 Å². The maximum absolute atomic E-state index is 12.4. The predicted octanol–water partition coefficient (Wildman–Crippen LogP) is 3.86. The minimum Gasteiger partial charge on any atom is -0.456 e. The van der Waals surface area contributed by atoms with Gasteiger partial charge < -0.3 is 4.42 Å². The molecule has 0 saturated heterocycles. The summed E-state index contributed by atoms with van der Waals surface area (Å²) < 4.78 is 30.2. The number of nitrogens with one attached hydrogen (secondary N) is 2. The number of furan rings is 1. The third kappa shape index (κ3) is 3.40. The van der Waals surface area contributed by atoms with E-state index in [0.29, 0.717) is 16.7 Å². The van der Waals surface area contributed by atoms with Gasteiger partial charge in [0.2, 0.25) is 0 Å². The van der Waals surface area contributed by atoms with Gasteiger partial charge in [0.25, 0.3) is 15.9 Å². The largest absolute Gasteiger partial charge is 0.456 e. The molecule has 136 valence electrons. The molecular formula is C19H13ClN2O4S. The zero-order chi connectivity index (χ0) is 19.0. The summed E-state index contributed by atoms with van der Waals surface area (Å²) in [6.45, 7) is 0. The van der Waals surface area contributed by atoms with Gasteiger partial charge >= 0.3 is 0 Å². The number of rotatable bonds is 4. The summed E-state index contributed by atoms with van der Waals surface area (Å²) in [5, 5.41) is 1.93. The van der Waals surface area contributed by atoms with Crippen LogP contribution in [0.5, 0.6) is 0 Å². The molecule has 1 aromatic heterocycles. The molecule has 27 heavy (non-hydrogen) atoms. The van der Waals surface area contributed by atoms with Crippen molar-refractivity contribution >= 4 is 49.5 Å². The summed E-state index contributed by atoms with van der Waals surface area (Å²) in [4.78, 5) is 14.4. The summed E-state index contributed by atoms with van der Waals surface area (Å²) in [6.07, 6.45) is 0. The van der Waals surface area contributed by atoms with Crippen molar-refractivity contribution in [3.05, 3.63) is 77.3 Å². The Hall–Kier alpha value is -2.87. The van der Waals surface area contributed by atoms with Crippen LogP contribution in [-0.4, -0.2) is 14.3 Å². The van der Waals surface area contributed by atoms with Gasteiger partial charge in [-0.25, -0.2) is 8.42 Å². The van der Waals surface area contributed by atoms with Crippen LogP contribution in [0.1, 0.15) is 10.4 Å². The minimum absolute atomic E-state index is 0.0495. The smallest absolute Gasteiger partial charge is 0.266 e. The fourth-order valence-corrected chi connectivity index (χ4v) is 3.89. The lowest BCUT2D eigenvalue weighted by Crippen LogP contribution is -2.41. The SMILES string of the molecule is O=C(NNS(=O)(=O)c1cccc(Cl)c1)c1ccc2oc3ccccc3c2c1. The number of hydrogen-bond acceptors (Lipinski definition) is 4. The van der Waals surface area contributed by atoms with Gasteiger partial charge in [0.1, 0.15) is 11.2 Å². The lowest BCUT2D eigenvalue weighted by Gasteiger charge is -2.09. The molecule has 3 aromatic carbocycles. The molecule has 0 fully saturated rings. The van der Waals surface area contributed by atoms with Crippen LogP contribution in [0.25, 0.3) is 21.9 Å². The van der Waals surface area contributed by atoms with Crippen molar-refractivity contribution < 1.29 is 17.6 Å². The summed E-state index contributed by atoms with van der Waals surface area (Å²) >= 11 is 5.81. The first-order valence-electron chi connectivity index (χ1n) is 7.93. The molecule has 0 unspecified atom stereocenters. The molecule has 0 aliphatic heterocycles. The fourth-order valence-electron chi connectivity index (χ4n) is 2.75. The Kier molecular flexibility index (Phi) is 4.35. The first-order valence-corrected chi connectivity index (χ1v) is 9.79. The molecule has 8 heteroatoms. The van der Waals surface area contributed by atoms with Crippen molar-refractivity contribution in [3.8, 4) is 0 Å². The molecule has 0 atom stereocenters. The second kappa shape index (κ2) is 6.70. The average molecular weight is 401 g/mol. The predicted molar refractivity (Wildman–Crippen MR) is 103 cm³/mol. The molecule has 0 saturated carbocycles. The number of sulfonamides is 1. The van der Waals surface area contributed by atoms with Crippen molar-refractivity contribution in [1.29, 1.82) is 0 Å². The summed E-state index contributed by atoms with van der Waals surface area (Å²) in [5.74, 6) is -0.590. The van der Waals surface area contributed by atoms with E-state index in [1.807, 2.05) is 24.3 Å². The quantitative estimate of drug-likeness (QED) is 0.509. The molecule has 4 rings (SSSR count). The zero-order valence-corrected chi connectivity index (χ0v) is 15.3. The highest BCUT2D eigenvalue weighted by atomic mass is 35.5. The van der Waals surface area contributed by atoms with Crippen LogP contribution in [0.4, 0.5) is 0 Å². The molecule has 0 radical (unpaired) electrons. The third-order valence-corrected chi connectivity index (χ3v) is 5.52. The molecule has 4 aromatic rings. The van der Waals surface area contributed by atoms with Gasteiger partial charge in [-0.2, -0.15) is 0 Å². The van der Waals surface area contributed by atoms with E-state index in [-0.39, 0.29) is 9.92 Å². The monoisotopic (exact) mass is 400 g/mol. The second-order valence-corrected chi connectivity index (χ2v) is 7.94. The fraction of sp³-hybridized carbons (Fsp3) is 0. The Balaban J connectivity index is 1.58. The highest BCUT2D eigenvalue weighted by Gasteiger charge is 2.17. The lowest BCUT2D eigenvalue weighted by atomic mass is 10.1. The summed E-state index contributed by atoms with van der Waals surface area (Å²) in [7, 11) is -3.94. The maximum atomic E-state index is 12.4. The van der Waals surface area contributed by atoms with E-state index in [1.165, 1.54) is 18.2 Å². The number of amides is 1. The number of fused-ring (bicyclic) bond motifs is 3. The van der Waals surface area contributed by atoms with Crippen LogP contribution >= 0.6 is 11.6 Å². The van der Waals surface area contributed by atoms with Gasteiger partial charge in [0.15, 0.2) is 0 Å². The topological polar surface area (TPSA) is 88.4 Å². The molecule has 1 heterocycles. The highest BCUT2D eigenvalue weighted by molar-refractivity contribution is 7.89. The number of para-hydroxylation sites is 1. The Morgan fingerprint density at radius 2 is 1.67 bits per heavy atom. The van der Waals surface area contributed by atoms with E-state index >= 15 is 0 Å². The summed E-state index contributed by atoms with van der Waals surface area (Å²) in [5.41, 5.74) is 3.87. The number of carbonyl (C=O) groups excluding carboxylic acids is 1. The molecule has 0 spiro atoms. The van der Waals surface area contributed by atoms with Crippen LogP contribution in [0.3, 0.4) is 0 Å². The lowest BCUT2D eigenvalue weighted by molar-refractivity contribution is 0.0945. The van der Waals surface area contributed by atoms with E-state index in [2.05, 4.69) is 10.3 Å². The Morgan fingerprint density at radius 3 is 2.48 bits per heavy atom. The molecule has 0 bridgehead atoms. The standard InChI is InChI=1S/C19H13ClN2O4S/c20-13-4-3-5-14(11-13)27(24,25)22-21-19(23)12-8-9-18-16(10-12)15-6-1-2-7-17(15)26-18/h1-11,22H,(H,21,23). The number of carbonyl (C=O) groups is 1. The van der Waals surface area contributed by atoms with Gasteiger partial charge in [-0.05, 0) is 42.5 Å². The first kappa shape index (κ1) is 17.5. The van der Waals surface area contributed by atoms with E-state index in [0.717, 1.165) is 10.8 Å². The Labute approximate surface area is 159 Å². The highest BCUT2D eigenvalue weighted by Crippen LogP contribution is 2.29. The van der Waals surface area contributed by atoms with Crippen LogP contribution in [0.2, 0.25) is 5.02 Å². The number of halogens is 1. The molecule has 0 aliphatic rings. The summed E-state index contributed by atoms with van der Waals surface area (Å²) in [6, 6.07) is 18.1. The van der Waals surface area contributed by atoms with Crippen molar-refractivity contribution in [2.75, 3.05) is 0 Å². The van der Waals surface area contributed by atoms with Crippen molar-refractivity contribution in [1.82, 2.24) is 10.3 Å². The van der Waals surface area contributed by atoms with Crippen LogP contribution < -0.4 is 10.3 Å². The molecule has 6 nitrogen and oxygen atoms in total. The van der Waals surface area contributed by atoms with Gasteiger partial charge in [0, 0.05) is 21.4 Å². The zero-order valence-electron chi connectivity index (χ0n) is 13.8. The third-order valence-electron chi connectivity index (χ3n) is 4.04. The second-order valence-electron chi connectivity index (χ2n) is 5.83. The normalized spacial score (nSPS) is 11.7. The maximum Gasteiger partial charge on any atom is 0.266 e. The van der Waals surface area contributed by atoms with Crippen LogP contribution in [-0.2, 0) is 10.0 Å². The molecular weight excluding hydrogens is 388 g/mol. The van der Waals surface area contributed by atoms with E-state index in [1.54, 1.807) is 24.3 Å². The van der Waals surface area contributed by atoms with Crippen molar-refractivity contribution in [3.63, 3.8) is 0 Å². The van der Waals surface area contributed by atoms with Crippen LogP contribution in [0, 0.1) is 0 Å². The van der Waals surface area contributed by atoms with Gasteiger partial charge in [-0.1, -0.05) is 35.9 Å². The van der Waals surface area contributed by atoms with Crippen molar-refractivity contribution in [2.45, 2.75) is 4.90 Å². The molecule has 0 aliphatic carbocycles. The van der Waals surface area contributed by atoms with E-state index in [9.17, 15) is 13.2 Å².